The highest BCUT2D eigenvalue weighted by Gasteiger charge is 2.34. The van der Waals surface area contributed by atoms with Crippen molar-refractivity contribution in [3.05, 3.63) is 0 Å². The first kappa shape index (κ1) is 15.3. The highest BCUT2D eigenvalue weighted by Crippen LogP contribution is 2.22. The Labute approximate surface area is 103 Å². The summed E-state index contributed by atoms with van der Waals surface area (Å²) in [6, 6.07) is 0.0627. The fourth-order valence-electron chi connectivity index (χ4n) is 1.20. The average Bonchev–Trinajstić information content (AvgIpc) is 2.24. The summed E-state index contributed by atoms with van der Waals surface area (Å²) in [5.74, 6) is -0.105. The van der Waals surface area contributed by atoms with Crippen LogP contribution >= 0.6 is 12.2 Å². The van der Waals surface area contributed by atoms with E-state index in [1.165, 1.54) is 0 Å². The predicted octanol–water partition coefficient (Wildman–Crippen LogP) is 1.23. The van der Waals surface area contributed by atoms with Gasteiger partial charge in [0.05, 0.1) is 10.4 Å². The first-order valence-corrected chi connectivity index (χ1v) is 5.89. The number of methoxy groups -OCH3 is 1. The second-order valence-corrected chi connectivity index (χ2v) is 4.65. The molecule has 0 spiro atoms. The van der Waals surface area contributed by atoms with E-state index in [0.717, 1.165) is 6.42 Å². The van der Waals surface area contributed by atoms with E-state index in [-0.39, 0.29) is 16.9 Å². The fourth-order valence-corrected chi connectivity index (χ4v) is 1.43. The maximum Gasteiger partial charge on any atom is 0.232 e. The van der Waals surface area contributed by atoms with Crippen LogP contribution < -0.4 is 11.1 Å². The van der Waals surface area contributed by atoms with Gasteiger partial charge in [0.15, 0.2) is 0 Å². The molecule has 0 aromatic heterocycles. The Kier molecular flexibility index (Phi) is 6.52. The maximum atomic E-state index is 12.0. The summed E-state index contributed by atoms with van der Waals surface area (Å²) in [6.07, 6.45) is 1.38. The number of hydrogen-bond donors (Lipinski definition) is 2. The fraction of sp³-hybridized carbons (Fsp3) is 0.818. The molecule has 0 heterocycles. The number of ether oxygens (including phenoxy) is 1. The molecule has 0 aliphatic rings. The highest BCUT2D eigenvalue weighted by molar-refractivity contribution is 7.80. The number of hydrogen-bond acceptors (Lipinski definition) is 3. The molecule has 0 bridgehead atoms. The zero-order valence-corrected chi connectivity index (χ0v) is 11.3. The zero-order valence-electron chi connectivity index (χ0n) is 10.5. The molecule has 0 saturated carbocycles. The molecule has 0 saturated heterocycles. The molecule has 0 rings (SSSR count). The molecule has 0 fully saturated rings. The highest BCUT2D eigenvalue weighted by atomic mass is 32.1. The lowest BCUT2D eigenvalue weighted by Crippen LogP contribution is -2.49. The minimum absolute atomic E-state index is 0.0627. The number of amides is 1. The number of thiocarbonyl (C=S) groups is 1. The van der Waals surface area contributed by atoms with Gasteiger partial charge in [0, 0.05) is 19.8 Å². The average molecular weight is 246 g/mol. The van der Waals surface area contributed by atoms with Gasteiger partial charge in [0.2, 0.25) is 5.91 Å². The largest absolute Gasteiger partial charge is 0.392 e. The van der Waals surface area contributed by atoms with Gasteiger partial charge in [-0.25, -0.2) is 0 Å². The van der Waals surface area contributed by atoms with Gasteiger partial charge in [0.25, 0.3) is 0 Å². The topological polar surface area (TPSA) is 64.3 Å². The van der Waals surface area contributed by atoms with Gasteiger partial charge in [-0.2, -0.15) is 0 Å². The van der Waals surface area contributed by atoms with Crippen LogP contribution in [0.4, 0.5) is 0 Å². The Bertz CT molecular complexity index is 258. The molecule has 0 radical (unpaired) electrons. The lowest BCUT2D eigenvalue weighted by Gasteiger charge is -2.27. The van der Waals surface area contributed by atoms with Crippen LogP contribution in [0.3, 0.4) is 0 Å². The molecule has 94 valence electrons. The van der Waals surface area contributed by atoms with Crippen molar-refractivity contribution in [3.63, 3.8) is 0 Å². The van der Waals surface area contributed by atoms with E-state index < -0.39 is 5.41 Å². The van der Waals surface area contributed by atoms with Gasteiger partial charge in [-0.1, -0.05) is 19.1 Å². The summed E-state index contributed by atoms with van der Waals surface area (Å²) in [7, 11) is 1.64. The van der Waals surface area contributed by atoms with Crippen molar-refractivity contribution >= 4 is 23.1 Å². The number of carbonyl (C=O) groups is 1. The van der Waals surface area contributed by atoms with E-state index in [2.05, 4.69) is 5.32 Å². The monoisotopic (exact) mass is 246 g/mol. The van der Waals surface area contributed by atoms with Crippen LogP contribution in [0.15, 0.2) is 0 Å². The van der Waals surface area contributed by atoms with E-state index >= 15 is 0 Å². The standard InChI is InChI=1S/C11H22N2O2S/c1-5-11(3,9(12)16)10(14)13-8(2)6-7-15-4/h8H,5-7H2,1-4H3,(H2,12,16)(H,13,14). The number of nitrogens with one attached hydrogen (secondary N) is 1. The SMILES string of the molecule is CCC(C)(C(=O)NC(C)CCOC)C(N)=S. The molecule has 0 aliphatic carbocycles. The second-order valence-electron chi connectivity index (χ2n) is 4.21. The number of nitrogens with two attached hydrogens (primary N) is 1. The molecule has 0 aromatic rings. The van der Waals surface area contributed by atoms with Crippen LogP contribution in [0.25, 0.3) is 0 Å². The molecular weight excluding hydrogens is 224 g/mol. The molecule has 3 N–H and O–H groups in total. The maximum absolute atomic E-state index is 12.0. The molecule has 0 aliphatic heterocycles. The molecule has 2 atom stereocenters. The van der Waals surface area contributed by atoms with Crippen molar-refractivity contribution in [1.82, 2.24) is 5.32 Å². The molecule has 1 amide bonds. The summed E-state index contributed by atoms with van der Waals surface area (Å²) in [5.41, 5.74) is 4.85. The Morgan fingerprint density at radius 3 is 2.56 bits per heavy atom. The van der Waals surface area contributed by atoms with Gasteiger partial charge >= 0.3 is 0 Å². The van der Waals surface area contributed by atoms with Crippen molar-refractivity contribution in [2.24, 2.45) is 11.1 Å². The lowest BCUT2D eigenvalue weighted by molar-refractivity contribution is -0.127. The minimum Gasteiger partial charge on any atom is -0.392 e. The lowest BCUT2D eigenvalue weighted by atomic mass is 9.86. The van der Waals surface area contributed by atoms with Crippen LogP contribution in [0.2, 0.25) is 0 Å². The zero-order chi connectivity index (χ0) is 12.8. The van der Waals surface area contributed by atoms with E-state index in [1.54, 1.807) is 14.0 Å². The Morgan fingerprint density at radius 2 is 2.19 bits per heavy atom. The summed E-state index contributed by atoms with van der Waals surface area (Å²) >= 11 is 4.94. The summed E-state index contributed by atoms with van der Waals surface area (Å²) < 4.78 is 4.95. The minimum atomic E-state index is -0.753. The van der Waals surface area contributed by atoms with Crippen LogP contribution in [-0.2, 0) is 9.53 Å². The van der Waals surface area contributed by atoms with E-state index in [0.29, 0.717) is 13.0 Å². The summed E-state index contributed by atoms with van der Waals surface area (Å²) in [6.45, 7) is 6.23. The van der Waals surface area contributed by atoms with E-state index in [4.69, 9.17) is 22.7 Å². The van der Waals surface area contributed by atoms with Crippen molar-refractivity contribution in [3.8, 4) is 0 Å². The smallest absolute Gasteiger partial charge is 0.232 e. The second kappa shape index (κ2) is 6.81. The predicted molar refractivity (Wildman–Crippen MR) is 69.3 cm³/mol. The van der Waals surface area contributed by atoms with Crippen molar-refractivity contribution < 1.29 is 9.53 Å². The Balaban J connectivity index is 4.38. The van der Waals surface area contributed by atoms with Gasteiger partial charge < -0.3 is 15.8 Å². The van der Waals surface area contributed by atoms with Crippen molar-refractivity contribution in [1.29, 1.82) is 0 Å². The van der Waals surface area contributed by atoms with Crippen LogP contribution in [0.1, 0.15) is 33.6 Å². The normalized spacial score (nSPS) is 16.2. The van der Waals surface area contributed by atoms with Crippen LogP contribution in [0, 0.1) is 5.41 Å². The molecule has 4 nitrogen and oxygen atoms in total. The summed E-state index contributed by atoms with van der Waals surface area (Å²) in [5, 5.41) is 2.90. The van der Waals surface area contributed by atoms with Crippen LogP contribution in [-0.4, -0.2) is 30.7 Å². The third kappa shape index (κ3) is 4.06. The van der Waals surface area contributed by atoms with E-state index in [1.807, 2.05) is 13.8 Å². The Hall–Kier alpha value is -0.680. The summed E-state index contributed by atoms with van der Waals surface area (Å²) in [4.78, 5) is 12.2. The van der Waals surface area contributed by atoms with Crippen molar-refractivity contribution in [2.75, 3.05) is 13.7 Å². The first-order valence-electron chi connectivity index (χ1n) is 5.48. The van der Waals surface area contributed by atoms with E-state index in [9.17, 15) is 4.79 Å². The third-order valence-electron chi connectivity index (χ3n) is 2.88. The molecular formula is C11H22N2O2S. The quantitative estimate of drug-likeness (QED) is 0.663. The first-order chi connectivity index (χ1) is 7.38. The number of rotatable bonds is 7. The number of carbonyl (C=O) groups excluding carboxylic acids is 1. The van der Waals surface area contributed by atoms with Crippen molar-refractivity contribution in [2.45, 2.75) is 39.7 Å². The van der Waals surface area contributed by atoms with Gasteiger partial charge in [0.1, 0.15) is 0 Å². The molecule has 16 heavy (non-hydrogen) atoms. The molecule has 2 unspecified atom stereocenters. The third-order valence-corrected chi connectivity index (χ3v) is 3.34. The molecule has 5 heteroatoms. The molecule has 0 aromatic carbocycles. The van der Waals surface area contributed by atoms with Crippen LogP contribution in [0.5, 0.6) is 0 Å². The van der Waals surface area contributed by atoms with Gasteiger partial charge in [-0.3, -0.25) is 4.79 Å². The van der Waals surface area contributed by atoms with Gasteiger partial charge in [-0.15, -0.1) is 0 Å². The Morgan fingerprint density at radius 1 is 1.62 bits per heavy atom. The van der Waals surface area contributed by atoms with Gasteiger partial charge in [-0.05, 0) is 26.7 Å².